The standard InChI is InChI=1S/C13H24N8O/c1-19(2)9-12-8-17-21(10-12)22-7-5-4-6-16-18-13(15)20(3)11-14/h8,10,16H,4-7,9H2,1-3H3,(H2,15,18). The van der Waals surface area contributed by atoms with Gasteiger partial charge in [-0.1, -0.05) is 0 Å². The van der Waals surface area contributed by atoms with E-state index >= 15 is 0 Å². The van der Waals surface area contributed by atoms with E-state index in [2.05, 4.69) is 20.5 Å². The monoisotopic (exact) mass is 308 g/mol. The Balaban J connectivity index is 2.11. The van der Waals surface area contributed by atoms with E-state index in [1.165, 1.54) is 9.75 Å². The summed E-state index contributed by atoms with van der Waals surface area (Å²) in [6, 6.07) is 0. The molecule has 0 spiro atoms. The number of hydrogen-bond acceptors (Lipinski definition) is 6. The summed E-state index contributed by atoms with van der Waals surface area (Å²) in [5.41, 5.74) is 9.45. The van der Waals surface area contributed by atoms with Crippen molar-refractivity contribution < 1.29 is 4.84 Å². The summed E-state index contributed by atoms with van der Waals surface area (Å²) in [5, 5.41) is 16.6. The average molecular weight is 308 g/mol. The third-order valence-corrected chi connectivity index (χ3v) is 2.71. The molecule has 0 aliphatic rings. The van der Waals surface area contributed by atoms with Gasteiger partial charge in [-0.05, 0) is 26.9 Å². The molecule has 1 heterocycles. The number of unbranched alkanes of at least 4 members (excludes halogenated alkanes) is 1. The van der Waals surface area contributed by atoms with Crippen molar-refractivity contribution in [1.29, 1.82) is 5.26 Å². The van der Waals surface area contributed by atoms with E-state index in [0.29, 0.717) is 13.2 Å². The van der Waals surface area contributed by atoms with Gasteiger partial charge in [0.25, 0.3) is 0 Å². The molecule has 1 rings (SSSR count). The van der Waals surface area contributed by atoms with Crippen LogP contribution >= 0.6 is 0 Å². The Kier molecular flexibility index (Phi) is 7.56. The highest BCUT2D eigenvalue weighted by Crippen LogP contribution is 1.99. The van der Waals surface area contributed by atoms with Crippen LogP contribution in [0.2, 0.25) is 0 Å². The molecule has 9 nitrogen and oxygen atoms in total. The minimum absolute atomic E-state index is 0.142. The molecule has 0 radical (unpaired) electrons. The Morgan fingerprint density at radius 1 is 1.50 bits per heavy atom. The van der Waals surface area contributed by atoms with Crippen LogP contribution in [0.15, 0.2) is 17.5 Å². The third-order valence-electron chi connectivity index (χ3n) is 2.71. The SMILES string of the molecule is CN(C)Cc1cnn(OCCCCNN=C(N)N(C)C#N)c1. The minimum Gasteiger partial charge on any atom is -0.397 e. The lowest BCUT2D eigenvalue weighted by molar-refractivity contribution is 0.0794. The number of guanidine groups is 1. The van der Waals surface area contributed by atoms with Crippen LogP contribution in [0.3, 0.4) is 0 Å². The molecule has 0 aliphatic carbocycles. The van der Waals surface area contributed by atoms with Crippen LogP contribution in [0.1, 0.15) is 18.4 Å². The second-order valence-corrected chi connectivity index (χ2v) is 5.07. The highest BCUT2D eigenvalue weighted by atomic mass is 16.7. The van der Waals surface area contributed by atoms with Crippen LogP contribution in [-0.4, -0.2) is 60.0 Å². The molecule has 9 heteroatoms. The minimum atomic E-state index is 0.142. The van der Waals surface area contributed by atoms with Crippen molar-refractivity contribution in [1.82, 2.24) is 25.2 Å². The zero-order valence-electron chi connectivity index (χ0n) is 13.4. The smallest absolute Gasteiger partial charge is 0.226 e. The van der Waals surface area contributed by atoms with Crippen molar-refractivity contribution in [3.05, 3.63) is 18.0 Å². The molecule has 0 bridgehead atoms. The van der Waals surface area contributed by atoms with Crippen LogP contribution in [0, 0.1) is 11.5 Å². The van der Waals surface area contributed by atoms with Crippen molar-refractivity contribution in [3.63, 3.8) is 0 Å². The first kappa shape index (κ1) is 17.6. The molecule has 1 aromatic heterocycles. The predicted octanol–water partition coefficient (Wildman–Crippen LogP) is -0.614. The maximum atomic E-state index is 8.60. The number of rotatable bonds is 9. The van der Waals surface area contributed by atoms with Gasteiger partial charge >= 0.3 is 0 Å². The van der Waals surface area contributed by atoms with Gasteiger partial charge in [0.1, 0.15) is 6.61 Å². The zero-order chi connectivity index (χ0) is 16.4. The Labute approximate surface area is 130 Å². The Morgan fingerprint density at radius 3 is 2.95 bits per heavy atom. The van der Waals surface area contributed by atoms with E-state index in [-0.39, 0.29) is 5.96 Å². The molecule has 0 aliphatic heterocycles. The summed E-state index contributed by atoms with van der Waals surface area (Å²) < 4.78 is 0. The fourth-order valence-corrected chi connectivity index (χ4v) is 1.58. The molecule has 0 amide bonds. The van der Waals surface area contributed by atoms with E-state index in [4.69, 9.17) is 15.8 Å². The number of nitrogens with one attached hydrogen (secondary N) is 1. The summed E-state index contributed by atoms with van der Waals surface area (Å²) in [5.74, 6) is 0.142. The quantitative estimate of drug-likeness (QED) is 0.156. The van der Waals surface area contributed by atoms with Crippen molar-refractivity contribution >= 4 is 5.96 Å². The summed E-state index contributed by atoms with van der Waals surface area (Å²) >= 11 is 0. The van der Waals surface area contributed by atoms with Crippen molar-refractivity contribution in [2.24, 2.45) is 10.8 Å². The fraction of sp³-hybridized carbons (Fsp3) is 0.615. The Morgan fingerprint density at radius 2 is 2.27 bits per heavy atom. The average Bonchev–Trinajstić information content (AvgIpc) is 2.91. The van der Waals surface area contributed by atoms with Gasteiger partial charge in [0, 0.05) is 25.7 Å². The molecule has 0 saturated heterocycles. The largest absolute Gasteiger partial charge is 0.397 e. The lowest BCUT2D eigenvalue weighted by Crippen LogP contribution is -2.32. The predicted molar refractivity (Wildman–Crippen MR) is 83.3 cm³/mol. The van der Waals surface area contributed by atoms with Crippen LogP contribution in [-0.2, 0) is 6.54 Å². The van der Waals surface area contributed by atoms with E-state index < -0.39 is 0 Å². The highest BCUT2D eigenvalue weighted by Gasteiger charge is 2.00. The van der Waals surface area contributed by atoms with Crippen LogP contribution in [0.5, 0.6) is 0 Å². The number of hydrogen-bond donors (Lipinski definition) is 2. The summed E-state index contributed by atoms with van der Waals surface area (Å²) in [6.07, 6.45) is 7.27. The van der Waals surface area contributed by atoms with Gasteiger partial charge in [-0.2, -0.15) is 5.26 Å². The zero-order valence-corrected chi connectivity index (χ0v) is 13.4. The summed E-state index contributed by atoms with van der Waals surface area (Å²) in [6.45, 7) is 2.07. The van der Waals surface area contributed by atoms with E-state index in [9.17, 15) is 0 Å². The second-order valence-electron chi connectivity index (χ2n) is 5.07. The molecular formula is C13H24N8O. The van der Waals surface area contributed by atoms with Gasteiger partial charge in [-0.25, -0.2) is 0 Å². The second kappa shape index (κ2) is 9.46. The van der Waals surface area contributed by atoms with Gasteiger partial charge in [-0.15, -0.1) is 15.0 Å². The van der Waals surface area contributed by atoms with Gasteiger partial charge in [0.15, 0.2) is 6.19 Å². The molecule has 22 heavy (non-hydrogen) atoms. The van der Waals surface area contributed by atoms with Crippen molar-refractivity contribution in [2.45, 2.75) is 19.4 Å². The van der Waals surface area contributed by atoms with Crippen molar-refractivity contribution in [2.75, 3.05) is 34.3 Å². The first-order valence-corrected chi connectivity index (χ1v) is 7.04. The first-order chi connectivity index (χ1) is 10.5. The molecule has 0 atom stereocenters. The lowest BCUT2D eigenvalue weighted by atomic mass is 10.3. The molecular weight excluding hydrogens is 284 g/mol. The molecule has 0 unspecified atom stereocenters. The molecule has 3 N–H and O–H groups in total. The van der Waals surface area contributed by atoms with Gasteiger partial charge < -0.3 is 20.9 Å². The van der Waals surface area contributed by atoms with E-state index in [0.717, 1.165) is 24.9 Å². The van der Waals surface area contributed by atoms with Crippen LogP contribution in [0.25, 0.3) is 0 Å². The number of nitrogens with zero attached hydrogens (tertiary/aromatic N) is 6. The van der Waals surface area contributed by atoms with Gasteiger partial charge in [0.2, 0.25) is 5.96 Å². The summed E-state index contributed by atoms with van der Waals surface area (Å²) in [7, 11) is 5.56. The summed E-state index contributed by atoms with van der Waals surface area (Å²) in [4.78, 5) is 10.2. The first-order valence-electron chi connectivity index (χ1n) is 7.04. The maximum absolute atomic E-state index is 8.60. The normalized spacial score (nSPS) is 11.3. The molecule has 0 fully saturated rings. The fourth-order valence-electron chi connectivity index (χ4n) is 1.58. The highest BCUT2D eigenvalue weighted by molar-refractivity contribution is 5.78. The van der Waals surface area contributed by atoms with Crippen LogP contribution < -0.4 is 16.0 Å². The number of aromatic nitrogens is 2. The molecule has 122 valence electrons. The lowest BCUT2D eigenvalue weighted by Gasteiger charge is -2.08. The van der Waals surface area contributed by atoms with Crippen molar-refractivity contribution in [3.8, 4) is 6.19 Å². The number of hydrazone groups is 1. The van der Waals surface area contributed by atoms with Crippen LogP contribution in [0.4, 0.5) is 0 Å². The molecule has 0 aromatic carbocycles. The topological polar surface area (TPSA) is 108 Å². The van der Waals surface area contributed by atoms with E-state index in [1.54, 1.807) is 13.2 Å². The Bertz CT molecular complexity index is 504. The third kappa shape index (κ3) is 6.81. The van der Waals surface area contributed by atoms with Gasteiger partial charge in [0.05, 0.1) is 12.4 Å². The maximum Gasteiger partial charge on any atom is 0.226 e. The molecule has 0 saturated carbocycles. The Hall–Kier alpha value is -2.47. The number of nitriles is 1. The number of nitrogens with two attached hydrogens (primary N) is 1. The van der Waals surface area contributed by atoms with Gasteiger partial charge in [-0.3, -0.25) is 4.90 Å². The van der Waals surface area contributed by atoms with E-state index in [1.807, 2.05) is 26.5 Å². The molecule has 1 aromatic rings.